The lowest BCUT2D eigenvalue weighted by molar-refractivity contribution is 0.745. The molecule has 0 radical (unpaired) electrons. The molecule has 4 heteroatoms. The number of nitrogens with zero attached hydrogens (tertiary/aromatic N) is 3. The van der Waals surface area contributed by atoms with E-state index in [1.165, 1.54) is 11.1 Å². The predicted molar refractivity (Wildman–Crippen MR) is 82.8 cm³/mol. The minimum Gasteiger partial charge on any atom is -0.322 e. The summed E-state index contributed by atoms with van der Waals surface area (Å²) in [6.07, 6.45) is 0.497. The highest BCUT2D eigenvalue weighted by Crippen LogP contribution is 2.29. The van der Waals surface area contributed by atoms with Gasteiger partial charge in [0.2, 0.25) is 0 Å². The molecule has 0 atom stereocenters. The Bertz CT molecular complexity index is 791. The van der Waals surface area contributed by atoms with Crippen molar-refractivity contribution in [3.63, 3.8) is 0 Å². The molecule has 0 unspecified atom stereocenters. The molecule has 0 amide bonds. The molecule has 0 aliphatic carbocycles. The van der Waals surface area contributed by atoms with Crippen LogP contribution in [0.4, 0.5) is 0 Å². The average molecular weight is 281 g/mol. The molecule has 0 aliphatic rings. The van der Waals surface area contributed by atoms with Crippen molar-refractivity contribution in [2.24, 2.45) is 0 Å². The maximum atomic E-state index is 8.88. The number of aromatic nitrogens is 2. The Morgan fingerprint density at radius 2 is 2.10 bits per heavy atom. The van der Waals surface area contributed by atoms with Crippen molar-refractivity contribution < 1.29 is 0 Å². The number of thiophene rings is 1. The Balaban J connectivity index is 2.25. The number of hydrogen-bond donors (Lipinski definition) is 0. The smallest absolute Gasteiger partial charge is 0.151 e. The van der Waals surface area contributed by atoms with Crippen LogP contribution in [0.2, 0.25) is 0 Å². The molecule has 0 aliphatic heterocycles. The van der Waals surface area contributed by atoms with Gasteiger partial charge in [0.1, 0.15) is 0 Å². The van der Waals surface area contributed by atoms with Gasteiger partial charge in [0, 0.05) is 6.54 Å². The third kappa shape index (κ3) is 2.10. The molecular weight excluding hydrogens is 266 g/mol. The summed E-state index contributed by atoms with van der Waals surface area (Å²) in [4.78, 5) is 5.92. The van der Waals surface area contributed by atoms with Gasteiger partial charge in [0.15, 0.2) is 5.82 Å². The van der Waals surface area contributed by atoms with Crippen molar-refractivity contribution in [2.75, 3.05) is 0 Å². The van der Waals surface area contributed by atoms with Gasteiger partial charge in [-0.1, -0.05) is 6.07 Å². The topological polar surface area (TPSA) is 41.6 Å². The van der Waals surface area contributed by atoms with Crippen LogP contribution in [-0.4, -0.2) is 9.55 Å². The van der Waals surface area contributed by atoms with E-state index >= 15 is 0 Å². The normalized spacial score (nSPS) is 10.8. The zero-order valence-corrected chi connectivity index (χ0v) is 12.4. The lowest BCUT2D eigenvalue weighted by Gasteiger charge is -2.06. The lowest BCUT2D eigenvalue weighted by Crippen LogP contribution is -1.99. The zero-order chi connectivity index (χ0) is 14.1. The molecule has 0 bridgehead atoms. The van der Waals surface area contributed by atoms with E-state index in [0.717, 1.165) is 21.7 Å². The van der Waals surface area contributed by atoms with Crippen LogP contribution in [0.3, 0.4) is 0 Å². The third-order valence-electron chi connectivity index (χ3n) is 3.55. The van der Waals surface area contributed by atoms with E-state index in [0.29, 0.717) is 13.0 Å². The fourth-order valence-electron chi connectivity index (χ4n) is 2.36. The van der Waals surface area contributed by atoms with Gasteiger partial charge in [-0.15, -0.1) is 11.3 Å². The lowest BCUT2D eigenvalue weighted by atomic mass is 10.1. The van der Waals surface area contributed by atoms with Gasteiger partial charge < -0.3 is 4.57 Å². The highest BCUT2D eigenvalue weighted by Gasteiger charge is 2.14. The summed E-state index contributed by atoms with van der Waals surface area (Å²) in [5.41, 5.74) is 4.63. The van der Waals surface area contributed by atoms with Crippen LogP contribution in [0.5, 0.6) is 0 Å². The number of rotatable bonds is 3. The molecule has 20 heavy (non-hydrogen) atoms. The number of benzene rings is 1. The van der Waals surface area contributed by atoms with E-state index in [9.17, 15) is 0 Å². The first-order valence-corrected chi connectivity index (χ1v) is 7.47. The first-order chi connectivity index (χ1) is 9.70. The number of nitriles is 1. The maximum absolute atomic E-state index is 8.88. The molecular formula is C16H15N3S. The molecule has 0 saturated heterocycles. The number of hydrogen-bond acceptors (Lipinski definition) is 3. The summed E-state index contributed by atoms with van der Waals surface area (Å²) in [5, 5.41) is 10.9. The number of aryl methyl sites for hydroxylation is 3. The minimum atomic E-state index is 0.497. The number of fused-ring (bicyclic) bond motifs is 1. The summed E-state index contributed by atoms with van der Waals surface area (Å²) < 4.78 is 2.16. The minimum absolute atomic E-state index is 0.497. The first-order valence-electron chi connectivity index (χ1n) is 6.59. The zero-order valence-electron chi connectivity index (χ0n) is 11.6. The highest BCUT2D eigenvalue weighted by molar-refractivity contribution is 7.13. The highest BCUT2D eigenvalue weighted by atomic mass is 32.1. The maximum Gasteiger partial charge on any atom is 0.151 e. The third-order valence-corrected chi connectivity index (χ3v) is 4.42. The Morgan fingerprint density at radius 3 is 2.80 bits per heavy atom. The monoisotopic (exact) mass is 281 g/mol. The molecule has 3 aromatic rings. The van der Waals surface area contributed by atoms with Crippen molar-refractivity contribution in [3.05, 3.63) is 40.8 Å². The fraction of sp³-hybridized carbons (Fsp3) is 0.250. The van der Waals surface area contributed by atoms with Crippen molar-refractivity contribution in [1.29, 1.82) is 5.26 Å². The summed E-state index contributed by atoms with van der Waals surface area (Å²) >= 11 is 1.68. The van der Waals surface area contributed by atoms with E-state index in [-0.39, 0.29) is 0 Å². The van der Waals surface area contributed by atoms with E-state index in [1.54, 1.807) is 11.3 Å². The molecule has 0 N–H and O–H groups in total. The fourth-order valence-corrected chi connectivity index (χ4v) is 3.08. The van der Waals surface area contributed by atoms with E-state index in [4.69, 9.17) is 10.2 Å². The van der Waals surface area contributed by atoms with Gasteiger partial charge in [-0.3, -0.25) is 0 Å². The van der Waals surface area contributed by atoms with Crippen LogP contribution < -0.4 is 0 Å². The van der Waals surface area contributed by atoms with Crippen LogP contribution in [0.1, 0.15) is 17.5 Å². The number of imidazole rings is 1. The quantitative estimate of drug-likeness (QED) is 0.718. The van der Waals surface area contributed by atoms with Crippen molar-refractivity contribution in [3.8, 4) is 16.8 Å². The van der Waals surface area contributed by atoms with Gasteiger partial charge in [0.25, 0.3) is 0 Å². The summed E-state index contributed by atoms with van der Waals surface area (Å²) in [7, 11) is 0. The van der Waals surface area contributed by atoms with Gasteiger partial charge in [-0.2, -0.15) is 5.26 Å². The van der Waals surface area contributed by atoms with E-state index in [1.807, 2.05) is 6.07 Å². The standard InChI is InChI=1S/C16H15N3S/c1-11-9-13-14(10-12(11)2)19(7-4-6-17)16(18-13)15-5-3-8-20-15/h3,5,8-10H,4,7H2,1-2H3. The Morgan fingerprint density at radius 1 is 1.30 bits per heavy atom. The molecule has 2 heterocycles. The summed E-state index contributed by atoms with van der Waals surface area (Å²) in [5.74, 6) is 0.968. The molecule has 2 aromatic heterocycles. The molecule has 3 rings (SSSR count). The van der Waals surface area contributed by atoms with Crippen molar-refractivity contribution in [2.45, 2.75) is 26.8 Å². The molecule has 3 nitrogen and oxygen atoms in total. The van der Waals surface area contributed by atoms with Gasteiger partial charge >= 0.3 is 0 Å². The Hall–Kier alpha value is -2.12. The van der Waals surface area contributed by atoms with Crippen LogP contribution >= 0.6 is 11.3 Å². The largest absolute Gasteiger partial charge is 0.322 e. The molecule has 1 aromatic carbocycles. The SMILES string of the molecule is Cc1cc2nc(-c3cccs3)n(CCC#N)c2cc1C. The summed E-state index contributed by atoms with van der Waals surface area (Å²) in [6, 6.07) is 10.6. The molecule has 100 valence electrons. The second kappa shape index (κ2) is 5.10. The van der Waals surface area contributed by atoms with Gasteiger partial charge in [-0.05, 0) is 48.6 Å². The van der Waals surface area contributed by atoms with Crippen LogP contribution in [0, 0.1) is 25.2 Å². The average Bonchev–Trinajstić information content (AvgIpc) is 3.05. The van der Waals surface area contributed by atoms with Crippen molar-refractivity contribution >= 4 is 22.4 Å². The van der Waals surface area contributed by atoms with Crippen LogP contribution in [0.25, 0.3) is 21.7 Å². The second-order valence-electron chi connectivity index (χ2n) is 4.90. The second-order valence-corrected chi connectivity index (χ2v) is 5.85. The Labute approximate surface area is 122 Å². The van der Waals surface area contributed by atoms with E-state index < -0.39 is 0 Å². The van der Waals surface area contributed by atoms with Crippen molar-refractivity contribution in [1.82, 2.24) is 9.55 Å². The first kappa shape index (κ1) is 12.9. The van der Waals surface area contributed by atoms with Crippen LogP contribution in [-0.2, 0) is 6.54 Å². The van der Waals surface area contributed by atoms with Gasteiger partial charge in [-0.25, -0.2) is 4.98 Å². The molecule has 0 spiro atoms. The van der Waals surface area contributed by atoms with Gasteiger partial charge in [0.05, 0.1) is 28.4 Å². The molecule has 0 fully saturated rings. The predicted octanol–water partition coefficient (Wildman–Crippen LogP) is 4.30. The summed E-state index contributed by atoms with van der Waals surface area (Å²) in [6.45, 7) is 4.90. The van der Waals surface area contributed by atoms with E-state index in [2.05, 4.69) is 48.1 Å². The van der Waals surface area contributed by atoms with Crippen LogP contribution in [0.15, 0.2) is 29.6 Å². The Kier molecular flexibility index (Phi) is 3.29. The molecule has 0 saturated carbocycles.